The Morgan fingerprint density at radius 2 is 1.86 bits per heavy atom. The number of hydrogen-bond donors (Lipinski definition) is 2. The molecular weight excluding hydrogens is 392 g/mol. The van der Waals surface area contributed by atoms with Crippen molar-refractivity contribution in [3.8, 4) is 5.75 Å². The third-order valence-electron chi connectivity index (χ3n) is 5.96. The molecule has 2 N–H and O–H groups in total. The number of hydrogen-bond acceptors (Lipinski definition) is 6. The summed E-state index contributed by atoms with van der Waals surface area (Å²) in [5.74, 6) is 3.04. The Bertz CT molecular complexity index is 825. The smallest absolute Gasteiger partial charge is 0.229 e. The SMILES string of the molecule is Cl.O=C(CC1CC2CCC(C1)N2)Nc1ccc(OCc2noc(C3CC3)n2)cc1. The number of nitrogens with zero attached hydrogens (tertiary/aromatic N) is 2. The lowest BCUT2D eigenvalue weighted by molar-refractivity contribution is -0.117. The highest BCUT2D eigenvalue weighted by Crippen LogP contribution is 2.38. The fourth-order valence-corrected chi connectivity index (χ4v) is 4.42. The predicted octanol–water partition coefficient (Wildman–Crippen LogP) is 3.81. The molecule has 7 nitrogen and oxygen atoms in total. The molecule has 1 aromatic carbocycles. The van der Waals surface area contributed by atoms with Gasteiger partial charge in [-0.2, -0.15) is 4.98 Å². The number of carbonyl (C=O) groups is 1. The summed E-state index contributed by atoms with van der Waals surface area (Å²) in [7, 11) is 0. The number of benzene rings is 1. The van der Waals surface area contributed by atoms with Crippen LogP contribution in [-0.4, -0.2) is 28.1 Å². The lowest BCUT2D eigenvalue weighted by atomic mass is 9.89. The standard InChI is InChI=1S/C21H26N4O3.ClH/c26-20(11-13-9-16-3-4-17(10-13)22-16)23-15-5-7-18(8-6-15)27-12-19-24-21(28-25-19)14-1-2-14;/h5-8,13-14,16-17,22H,1-4,9-12H2,(H,23,26);1H. The van der Waals surface area contributed by atoms with Gasteiger partial charge in [-0.1, -0.05) is 5.16 Å². The zero-order valence-electron chi connectivity index (χ0n) is 16.3. The highest BCUT2D eigenvalue weighted by Gasteiger charge is 2.34. The monoisotopic (exact) mass is 418 g/mol. The van der Waals surface area contributed by atoms with Crippen LogP contribution in [0.2, 0.25) is 0 Å². The Balaban J connectivity index is 0.00000205. The molecule has 3 fully saturated rings. The topological polar surface area (TPSA) is 89.3 Å². The van der Waals surface area contributed by atoms with Gasteiger partial charge in [0.1, 0.15) is 5.75 Å². The molecule has 0 radical (unpaired) electrons. The second-order valence-electron chi connectivity index (χ2n) is 8.36. The minimum atomic E-state index is 0. The molecule has 1 aromatic heterocycles. The summed E-state index contributed by atoms with van der Waals surface area (Å²) in [5.41, 5.74) is 0.796. The number of piperidine rings is 1. The summed E-state index contributed by atoms with van der Waals surface area (Å²) in [5, 5.41) is 10.6. The van der Waals surface area contributed by atoms with Crippen LogP contribution in [0.25, 0.3) is 0 Å². The van der Waals surface area contributed by atoms with E-state index in [9.17, 15) is 4.79 Å². The Morgan fingerprint density at radius 1 is 1.14 bits per heavy atom. The molecule has 3 heterocycles. The largest absolute Gasteiger partial charge is 0.485 e. The lowest BCUT2D eigenvalue weighted by Crippen LogP contribution is -2.39. The molecule has 2 bridgehead atoms. The minimum Gasteiger partial charge on any atom is -0.485 e. The Morgan fingerprint density at radius 3 is 2.55 bits per heavy atom. The number of halogens is 1. The quantitative estimate of drug-likeness (QED) is 0.710. The van der Waals surface area contributed by atoms with Crippen molar-refractivity contribution in [1.29, 1.82) is 0 Å². The fraction of sp³-hybridized carbons (Fsp3) is 0.571. The van der Waals surface area contributed by atoms with Gasteiger partial charge in [0.15, 0.2) is 6.61 Å². The van der Waals surface area contributed by atoms with Crippen LogP contribution >= 0.6 is 12.4 Å². The molecule has 2 unspecified atom stereocenters. The minimum absolute atomic E-state index is 0. The van der Waals surface area contributed by atoms with Crippen LogP contribution in [0.3, 0.4) is 0 Å². The molecule has 3 aliphatic rings. The van der Waals surface area contributed by atoms with Crippen molar-refractivity contribution in [2.75, 3.05) is 5.32 Å². The summed E-state index contributed by atoms with van der Waals surface area (Å²) in [6.45, 7) is 0.278. The van der Waals surface area contributed by atoms with E-state index >= 15 is 0 Å². The number of carbonyl (C=O) groups excluding carboxylic acids is 1. The van der Waals surface area contributed by atoms with E-state index < -0.39 is 0 Å². The zero-order valence-corrected chi connectivity index (χ0v) is 17.1. The van der Waals surface area contributed by atoms with Gasteiger partial charge in [-0.25, -0.2) is 0 Å². The van der Waals surface area contributed by atoms with Crippen LogP contribution in [0, 0.1) is 5.92 Å². The molecule has 2 atom stereocenters. The Labute approximate surface area is 176 Å². The molecule has 1 aliphatic carbocycles. The summed E-state index contributed by atoms with van der Waals surface area (Å²) < 4.78 is 10.9. The molecule has 1 saturated carbocycles. The first-order valence-electron chi connectivity index (χ1n) is 10.3. The van der Waals surface area contributed by atoms with Gasteiger partial charge in [-0.3, -0.25) is 4.79 Å². The molecule has 5 rings (SSSR count). The summed E-state index contributed by atoms with van der Waals surface area (Å²) in [6, 6.07) is 8.67. The first-order chi connectivity index (χ1) is 13.7. The third-order valence-corrected chi connectivity index (χ3v) is 5.96. The van der Waals surface area contributed by atoms with E-state index in [2.05, 4.69) is 20.8 Å². The van der Waals surface area contributed by atoms with Crippen molar-refractivity contribution in [1.82, 2.24) is 15.5 Å². The van der Waals surface area contributed by atoms with Crippen LogP contribution < -0.4 is 15.4 Å². The number of rotatable bonds is 7. The average molecular weight is 419 g/mol. The predicted molar refractivity (Wildman–Crippen MR) is 110 cm³/mol. The number of amides is 1. The maximum absolute atomic E-state index is 12.4. The summed E-state index contributed by atoms with van der Waals surface area (Å²) >= 11 is 0. The van der Waals surface area contributed by atoms with Crippen molar-refractivity contribution in [3.63, 3.8) is 0 Å². The Hall–Kier alpha value is -2.12. The molecular formula is C21H27ClN4O3. The fourth-order valence-electron chi connectivity index (χ4n) is 4.42. The van der Waals surface area contributed by atoms with Gasteiger partial charge in [0.2, 0.25) is 17.6 Å². The van der Waals surface area contributed by atoms with Crippen molar-refractivity contribution >= 4 is 24.0 Å². The number of ether oxygens (including phenoxy) is 1. The average Bonchev–Trinajstić information content (AvgIpc) is 3.34. The summed E-state index contributed by atoms with van der Waals surface area (Å²) in [4.78, 5) is 16.7. The van der Waals surface area contributed by atoms with Crippen molar-refractivity contribution in [2.45, 2.75) is 69.6 Å². The normalized spacial score (nSPS) is 25.3. The van der Waals surface area contributed by atoms with E-state index in [0.29, 0.717) is 41.9 Å². The van der Waals surface area contributed by atoms with Gasteiger partial charge in [-0.05, 0) is 68.7 Å². The number of nitrogens with one attached hydrogen (secondary N) is 2. The van der Waals surface area contributed by atoms with Crippen LogP contribution in [0.1, 0.15) is 62.6 Å². The first kappa shape index (κ1) is 20.2. The number of anilines is 1. The van der Waals surface area contributed by atoms with Crippen molar-refractivity contribution < 1.29 is 14.1 Å². The van der Waals surface area contributed by atoms with Gasteiger partial charge < -0.3 is 19.9 Å². The highest BCUT2D eigenvalue weighted by atomic mass is 35.5. The third kappa shape index (κ3) is 5.08. The Kier molecular flexibility index (Phi) is 6.06. The molecule has 1 amide bonds. The molecule has 156 valence electrons. The summed E-state index contributed by atoms with van der Waals surface area (Å²) in [6.07, 6.45) is 7.63. The molecule has 2 aliphatic heterocycles. The van der Waals surface area contributed by atoms with E-state index in [0.717, 1.165) is 37.3 Å². The maximum Gasteiger partial charge on any atom is 0.229 e. The van der Waals surface area contributed by atoms with E-state index in [1.54, 1.807) is 0 Å². The van der Waals surface area contributed by atoms with E-state index in [4.69, 9.17) is 9.26 Å². The van der Waals surface area contributed by atoms with E-state index in [1.807, 2.05) is 24.3 Å². The maximum atomic E-state index is 12.4. The number of aromatic nitrogens is 2. The van der Waals surface area contributed by atoms with Crippen LogP contribution in [-0.2, 0) is 11.4 Å². The van der Waals surface area contributed by atoms with E-state index in [1.165, 1.54) is 12.8 Å². The second kappa shape index (κ2) is 8.71. The van der Waals surface area contributed by atoms with Crippen molar-refractivity contribution in [2.24, 2.45) is 5.92 Å². The van der Waals surface area contributed by atoms with Gasteiger partial charge >= 0.3 is 0 Å². The molecule has 2 aromatic rings. The lowest BCUT2D eigenvalue weighted by Gasteiger charge is -2.28. The molecule has 29 heavy (non-hydrogen) atoms. The van der Waals surface area contributed by atoms with Gasteiger partial charge in [0.25, 0.3) is 0 Å². The van der Waals surface area contributed by atoms with Crippen LogP contribution in [0.4, 0.5) is 5.69 Å². The van der Waals surface area contributed by atoms with Gasteiger partial charge in [-0.15, -0.1) is 12.4 Å². The second-order valence-corrected chi connectivity index (χ2v) is 8.36. The zero-order chi connectivity index (χ0) is 18.9. The van der Waals surface area contributed by atoms with Crippen molar-refractivity contribution in [3.05, 3.63) is 36.0 Å². The van der Waals surface area contributed by atoms with Crippen LogP contribution in [0.5, 0.6) is 5.75 Å². The molecule has 0 spiro atoms. The molecule has 2 saturated heterocycles. The highest BCUT2D eigenvalue weighted by molar-refractivity contribution is 5.90. The molecule has 8 heteroatoms. The first-order valence-corrected chi connectivity index (χ1v) is 10.3. The van der Waals surface area contributed by atoms with Crippen LogP contribution in [0.15, 0.2) is 28.8 Å². The van der Waals surface area contributed by atoms with Gasteiger partial charge in [0.05, 0.1) is 0 Å². The van der Waals surface area contributed by atoms with Gasteiger partial charge in [0, 0.05) is 30.1 Å². The van der Waals surface area contributed by atoms with E-state index in [-0.39, 0.29) is 24.9 Å². The number of fused-ring (bicyclic) bond motifs is 2.